The number of nitrogens with one attached hydrogen (secondary N) is 2. The number of imide groups is 2. The molecule has 6 nitrogen and oxygen atoms in total. The van der Waals surface area contributed by atoms with Gasteiger partial charge in [0.15, 0.2) is 0 Å². The zero-order valence-corrected chi connectivity index (χ0v) is 15.0. The van der Waals surface area contributed by atoms with E-state index in [0.717, 1.165) is 0 Å². The van der Waals surface area contributed by atoms with Gasteiger partial charge in [0.25, 0.3) is 23.6 Å². The van der Waals surface area contributed by atoms with Crippen LogP contribution in [0.2, 0.25) is 0 Å². The van der Waals surface area contributed by atoms with Gasteiger partial charge < -0.3 is 0 Å². The van der Waals surface area contributed by atoms with Crippen molar-refractivity contribution < 1.29 is 45.5 Å². The summed E-state index contributed by atoms with van der Waals surface area (Å²) in [6.45, 7) is 0. The summed E-state index contributed by atoms with van der Waals surface area (Å²) in [5.74, 6) is -4.40. The molecule has 0 spiro atoms. The van der Waals surface area contributed by atoms with E-state index in [2.05, 4.69) is 0 Å². The fourth-order valence-corrected chi connectivity index (χ4v) is 3.30. The number of rotatable bonds is 2. The van der Waals surface area contributed by atoms with Gasteiger partial charge in [0, 0.05) is 12.2 Å². The Morgan fingerprint density at radius 3 is 1.87 bits per heavy atom. The predicted octanol–water partition coefficient (Wildman–Crippen LogP) is 2.63. The number of hydrogen-bond acceptors (Lipinski definition) is 4. The third-order valence-corrected chi connectivity index (χ3v) is 4.64. The minimum atomic E-state index is -6.00. The zero-order chi connectivity index (χ0) is 23.2. The van der Waals surface area contributed by atoms with E-state index in [-0.39, 0.29) is 11.6 Å². The summed E-state index contributed by atoms with van der Waals surface area (Å²) < 4.78 is 85.3. The number of hydrogen-bond donors (Lipinski definition) is 2. The van der Waals surface area contributed by atoms with Crippen molar-refractivity contribution in [3.63, 3.8) is 0 Å². The van der Waals surface area contributed by atoms with Crippen LogP contribution < -0.4 is 10.6 Å². The Morgan fingerprint density at radius 2 is 1.26 bits per heavy atom. The van der Waals surface area contributed by atoms with Gasteiger partial charge in [-0.15, -0.1) is 0 Å². The van der Waals surface area contributed by atoms with Gasteiger partial charge in [-0.25, -0.2) is 0 Å². The van der Waals surface area contributed by atoms with Crippen molar-refractivity contribution in [1.29, 1.82) is 0 Å². The molecule has 2 N–H and O–H groups in total. The third kappa shape index (κ3) is 3.53. The number of allylic oxidation sites excluding steroid dienone is 4. The number of carbonyl (C=O) groups excluding carboxylic acids is 4. The number of fused-ring (bicyclic) bond motifs is 1. The summed E-state index contributed by atoms with van der Waals surface area (Å²) in [4.78, 5) is 46.5. The fraction of sp³-hybridized carbons (Fsp3) is 0.158. The number of benzene rings is 1. The van der Waals surface area contributed by atoms with Crippen molar-refractivity contribution in [2.75, 3.05) is 0 Å². The lowest BCUT2D eigenvalue weighted by atomic mass is 9.71. The van der Waals surface area contributed by atoms with E-state index in [0.29, 0.717) is 42.5 Å². The van der Waals surface area contributed by atoms with Crippen LogP contribution in [0.15, 0.2) is 54.2 Å². The molecule has 162 valence electrons. The van der Waals surface area contributed by atoms with Crippen LogP contribution in [0, 0.1) is 0 Å². The summed E-state index contributed by atoms with van der Waals surface area (Å²) >= 11 is 0. The predicted molar refractivity (Wildman–Crippen MR) is 91.5 cm³/mol. The van der Waals surface area contributed by atoms with Crippen LogP contribution in [-0.4, -0.2) is 36.0 Å². The summed E-state index contributed by atoms with van der Waals surface area (Å²) in [6.07, 6.45) is -9.76. The van der Waals surface area contributed by atoms with Gasteiger partial charge >= 0.3 is 12.4 Å². The molecule has 0 bridgehead atoms. The Labute approximate surface area is 169 Å². The first-order valence-electron chi connectivity index (χ1n) is 8.34. The van der Waals surface area contributed by atoms with Crippen molar-refractivity contribution in [1.82, 2.24) is 10.6 Å². The number of alkyl halides is 6. The average Bonchev–Trinajstić information content (AvgIpc) is 2.94. The molecular weight excluding hydrogens is 434 g/mol. The first kappa shape index (κ1) is 22.0. The van der Waals surface area contributed by atoms with Gasteiger partial charge in [0.1, 0.15) is 0 Å². The lowest BCUT2D eigenvalue weighted by molar-refractivity contribution is -0.288. The van der Waals surface area contributed by atoms with Crippen molar-refractivity contribution in [2.24, 2.45) is 0 Å². The second-order valence-corrected chi connectivity index (χ2v) is 6.46. The normalized spacial score (nSPS) is 21.2. The van der Waals surface area contributed by atoms with E-state index in [9.17, 15) is 45.5 Å². The lowest BCUT2D eigenvalue weighted by Gasteiger charge is -2.39. The molecule has 0 fully saturated rings. The quantitative estimate of drug-likeness (QED) is 0.542. The highest BCUT2D eigenvalue weighted by Gasteiger charge is 2.73. The molecule has 1 aromatic rings. The molecule has 0 aliphatic carbocycles. The molecule has 0 unspecified atom stereocenters. The largest absolute Gasteiger partial charge is 0.411 e. The molecule has 0 saturated carbocycles. The molecule has 1 aromatic carbocycles. The van der Waals surface area contributed by atoms with Gasteiger partial charge in [-0.1, -0.05) is 24.3 Å². The second-order valence-electron chi connectivity index (χ2n) is 6.46. The SMILES string of the molecule is O=C1/C=C/C=C(C(c2ccc3c(c2)C(=O)NC3=O)(C(F)(F)F)C(F)(F)F)\C=C\C(=O)N1. The van der Waals surface area contributed by atoms with Crippen LogP contribution in [0.5, 0.6) is 0 Å². The Morgan fingerprint density at radius 1 is 0.677 bits per heavy atom. The van der Waals surface area contributed by atoms with Gasteiger partial charge in [0.05, 0.1) is 11.1 Å². The summed E-state index contributed by atoms with van der Waals surface area (Å²) in [7, 11) is 0. The van der Waals surface area contributed by atoms with Crippen LogP contribution in [0.1, 0.15) is 26.3 Å². The van der Waals surface area contributed by atoms with E-state index >= 15 is 0 Å². The standard InChI is InChI=1S/C19H10F6N2O4/c20-18(21,22)17(19(23,24)25,9-2-1-3-13(28)26-14(29)7-5-9)10-4-6-11-12(8-10)16(31)27-15(11)30/h1-8H,(H,26,28,29)(H,27,30,31)/b3-1+,7-5+,9-2+. The van der Waals surface area contributed by atoms with Crippen molar-refractivity contribution in [3.05, 3.63) is 70.8 Å². The average molecular weight is 444 g/mol. The van der Waals surface area contributed by atoms with Gasteiger partial charge in [0.2, 0.25) is 5.41 Å². The van der Waals surface area contributed by atoms with Gasteiger partial charge in [-0.05, 0) is 23.3 Å². The molecule has 0 saturated heterocycles. The number of halogens is 6. The smallest absolute Gasteiger partial charge is 0.289 e. The van der Waals surface area contributed by atoms with Crippen LogP contribution in [0.25, 0.3) is 0 Å². The molecule has 2 aliphatic heterocycles. The third-order valence-electron chi connectivity index (χ3n) is 4.64. The molecule has 0 radical (unpaired) electrons. The highest BCUT2D eigenvalue weighted by atomic mass is 19.4. The number of carbonyl (C=O) groups is 4. The highest BCUT2D eigenvalue weighted by molar-refractivity contribution is 6.21. The minimum absolute atomic E-state index is 0.289. The monoisotopic (exact) mass is 444 g/mol. The molecule has 31 heavy (non-hydrogen) atoms. The topological polar surface area (TPSA) is 92.3 Å². The van der Waals surface area contributed by atoms with E-state index < -0.39 is 58.1 Å². The van der Waals surface area contributed by atoms with E-state index in [1.54, 1.807) is 10.6 Å². The molecule has 0 aromatic heterocycles. The molecular formula is C19H10F6N2O4. The van der Waals surface area contributed by atoms with E-state index in [1.165, 1.54) is 0 Å². The van der Waals surface area contributed by atoms with Crippen molar-refractivity contribution in [2.45, 2.75) is 17.8 Å². The van der Waals surface area contributed by atoms with Gasteiger partial charge in [-0.2, -0.15) is 26.3 Å². The Bertz CT molecular complexity index is 1080. The Hall–Kier alpha value is -3.70. The van der Waals surface area contributed by atoms with Crippen molar-refractivity contribution in [3.8, 4) is 0 Å². The van der Waals surface area contributed by atoms with Crippen LogP contribution in [0.4, 0.5) is 26.3 Å². The van der Waals surface area contributed by atoms with Crippen LogP contribution in [0.3, 0.4) is 0 Å². The fourth-order valence-electron chi connectivity index (χ4n) is 3.30. The Kier molecular flexibility index (Phi) is 5.12. The maximum absolute atomic E-state index is 14.2. The van der Waals surface area contributed by atoms with Crippen LogP contribution >= 0.6 is 0 Å². The number of amides is 4. The summed E-state index contributed by atoms with van der Waals surface area (Å²) in [5.41, 5.74) is -8.55. The molecule has 3 rings (SSSR count). The first-order chi connectivity index (χ1) is 14.3. The molecule has 2 heterocycles. The molecule has 12 heteroatoms. The van der Waals surface area contributed by atoms with E-state index in [4.69, 9.17) is 0 Å². The maximum atomic E-state index is 14.2. The van der Waals surface area contributed by atoms with E-state index in [1.807, 2.05) is 0 Å². The molecule has 0 atom stereocenters. The Balaban J connectivity index is 2.38. The summed E-state index contributed by atoms with van der Waals surface area (Å²) in [5, 5.41) is 3.50. The lowest BCUT2D eigenvalue weighted by Crippen LogP contribution is -2.55. The first-order valence-corrected chi connectivity index (χ1v) is 8.34. The molecule has 2 aliphatic rings. The van der Waals surface area contributed by atoms with Crippen molar-refractivity contribution >= 4 is 23.6 Å². The van der Waals surface area contributed by atoms with Crippen LogP contribution in [-0.2, 0) is 15.0 Å². The minimum Gasteiger partial charge on any atom is -0.289 e. The second kappa shape index (κ2) is 7.22. The highest BCUT2D eigenvalue weighted by Crippen LogP contribution is 2.57. The molecule has 4 amide bonds. The summed E-state index contributed by atoms with van der Waals surface area (Å²) in [6, 6.07) is 1.46. The zero-order valence-electron chi connectivity index (χ0n) is 15.0. The maximum Gasteiger partial charge on any atom is 0.411 e. The van der Waals surface area contributed by atoms with Gasteiger partial charge in [-0.3, -0.25) is 29.8 Å².